The fraction of sp³-hybridized carbons (Fsp3) is 0.381. The van der Waals surface area contributed by atoms with Gasteiger partial charge in [0.2, 0.25) is 5.91 Å². The zero-order chi connectivity index (χ0) is 21.6. The molecule has 0 spiro atoms. The van der Waals surface area contributed by atoms with Crippen molar-refractivity contribution < 1.29 is 23.9 Å². The fourth-order valence-corrected chi connectivity index (χ4v) is 2.91. The van der Waals surface area contributed by atoms with E-state index in [1.807, 2.05) is 56.5 Å². The molecule has 2 N–H and O–H groups in total. The first-order valence-electron chi connectivity index (χ1n) is 9.29. The van der Waals surface area contributed by atoms with Gasteiger partial charge in [0.25, 0.3) is 5.91 Å². The van der Waals surface area contributed by atoms with Gasteiger partial charge in [0.15, 0.2) is 6.61 Å². The van der Waals surface area contributed by atoms with Crippen molar-refractivity contribution in [2.75, 3.05) is 20.3 Å². The molecule has 1 aromatic carbocycles. The average Bonchev–Trinajstić information content (AvgIpc) is 2.98. The zero-order valence-corrected chi connectivity index (χ0v) is 17.4. The van der Waals surface area contributed by atoms with E-state index in [2.05, 4.69) is 10.6 Å². The molecule has 1 heterocycles. The number of carbonyl (C=O) groups excluding carboxylic acids is 3. The van der Waals surface area contributed by atoms with Gasteiger partial charge < -0.3 is 24.7 Å². The molecule has 0 saturated heterocycles. The zero-order valence-electron chi connectivity index (χ0n) is 17.4. The van der Waals surface area contributed by atoms with Crippen LogP contribution in [0.4, 0.5) is 0 Å². The maximum absolute atomic E-state index is 12.4. The van der Waals surface area contributed by atoms with Crippen LogP contribution < -0.4 is 15.4 Å². The van der Waals surface area contributed by atoms with Crippen LogP contribution in [0, 0.1) is 13.8 Å². The molecular formula is C21H27N3O5. The van der Waals surface area contributed by atoms with Crippen LogP contribution in [0.15, 0.2) is 30.3 Å². The lowest BCUT2D eigenvalue weighted by Gasteiger charge is -2.11. The summed E-state index contributed by atoms with van der Waals surface area (Å²) in [6, 6.07) is 9.17. The summed E-state index contributed by atoms with van der Waals surface area (Å²) in [6.45, 7) is 6.71. The van der Waals surface area contributed by atoms with Crippen molar-refractivity contribution in [2.45, 2.75) is 33.7 Å². The number of esters is 1. The lowest BCUT2D eigenvalue weighted by Crippen LogP contribution is -2.41. The minimum absolute atomic E-state index is 0.0156. The van der Waals surface area contributed by atoms with E-state index < -0.39 is 18.5 Å². The largest absolute Gasteiger partial charge is 0.497 e. The highest BCUT2D eigenvalue weighted by Gasteiger charge is 2.19. The first-order valence-corrected chi connectivity index (χ1v) is 9.29. The number of nitrogens with one attached hydrogen (secondary N) is 2. The van der Waals surface area contributed by atoms with E-state index in [9.17, 15) is 14.4 Å². The third-order valence-corrected chi connectivity index (χ3v) is 4.21. The summed E-state index contributed by atoms with van der Waals surface area (Å²) in [5.74, 6) is -0.701. The molecule has 156 valence electrons. The van der Waals surface area contributed by atoms with Crippen LogP contribution in [0.2, 0.25) is 0 Å². The van der Waals surface area contributed by atoms with Crippen molar-refractivity contribution in [3.05, 3.63) is 47.3 Å². The minimum atomic E-state index is -0.598. The van der Waals surface area contributed by atoms with E-state index in [1.165, 1.54) is 0 Å². The van der Waals surface area contributed by atoms with Crippen LogP contribution in [0.5, 0.6) is 5.75 Å². The molecule has 0 aliphatic rings. The molecule has 0 atom stereocenters. The monoisotopic (exact) mass is 401 g/mol. The van der Waals surface area contributed by atoms with E-state index in [0.29, 0.717) is 11.3 Å². The fourth-order valence-electron chi connectivity index (χ4n) is 2.91. The van der Waals surface area contributed by atoms with Gasteiger partial charge in [0, 0.05) is 23.1 Å². The lowest BCUT2D eigenvalue weighted by atomic mass is 10.2. The van der Waals surface area contributed by atoms with Crippen molar-refractivity contribution >= 4 is 17.8 Å². The molecule has 29 heavy (non-hydrogen) atoms. The maximum Gasteiger partial charge on any atom is 0.340 e. The van der Waals surface area contributed by atoms with Crippen molar-refractivity contribution in [2.24, 2.45) is 0 Å². The van der Waals surface area contributed by atoms with Crippen molar-refractivity contribution in [1.82, 2.24) is 15.2 Å². The number of hydrogen-bond donors (Lipinski definition) is 2. The van der Waals surface area contributed by atoms with E-state index in [0.717, 1.165) is 17.1 Å². The summed E-state index contributed by atoms with van der Waals surface area (Å²) >= 11 is 0. The normalized spacial score (nSPS) is 10.6. The summed E-state index contributed by atoms with van der Waals surface area (Å²) in [5, 5.41) is 5.07. The molecule has 2 amide bonds. The molecule has 0 aliphatic heterocycles. The number of ether oxygens (including phenoxy) is 2. The number of nitrogens with zero attached hydrogens (tertiary/aromatic N) is 1. The van der Waals surface area contributed by atoms with Crippen molar-refractivity contribution in [1.29, 1.82) is 0 Å². The van der Waals surface area contributed by atoms with Gasteiger partial charge in [-0.3, -0.25) is 9.59 Å². The van der Waals surface area contributed by atoms with Gasteiger partial charge in [0.05, 0.1) is 19.2 Å². The predicted octanol–water partition coefficient (Wildman–Crippen LogP) is 1.90. The van der Waals surface area contributed by atoms with Crippen LogP contribution in [-0.2, 0) is 14.3 Å². The van der Waals surface area contributed by atoms with Gasteiger partial charge in [-0.25, -0.2) is 4.79 Å². The summed E-state index contributed by atoms with van der Waals surface area (Å²) in [6.07, 6.45) is 0. The van der Waals surface area contributed by atoms with Crippen LogP contribution in [0.25, 0.3) is 5.69 Å². The van der Waals surface area contributed by atoms with Crippen LogP contribution in [-0.4, -0.2) is 48.7 Å². The first-order chi connectivity index (χ1) is 13.7. The number of benzene rings is 1. The number of amides is 2. The van der Waals surface area contributed by atoms with E-state index >= 15 is 0 Å². The quantitative estimate of drug-likeness (QED) is 0.659. The molecule has 0 unspecified atom stereocenters. The third kappa shape index (κ3) is 5.84. The Bertz CT molecular complexity index is 884. The molecular weight excluding hydrogens is 374 g/mol. The molecule has 0 radical (unpaired) electrons. The molecule has 1 aromatic heterocycles. The molecule has 2 rings (SSSR count). The highest BCUT2D eigenvalue weighted by Crippen LogP contribution is 2.23. The van der Waals surface area contributed by atoms with E-state index in [-0.39, 0.29) is 18.5 Å². The smallest absolute Gasteiger partial charge is 0.340 e. The number of carbonyl (C=O) groups is 3. The van der Waals surface area contributed by atoms with Gasteiger partial charge in [0.1, 0.15) is 5.75 Å². The molecule has 2 aromatic rings. The molecule has 0 saturated carbocycles. The van der Waals surface area contributed by atoms with Crippen LogP contribution in [0.1, 0.15) is 35.6 Å². The first kappa shape index (κ1) is 22.0. The van der Waals surface area contributed by atoms with Gasteiger partial charge in [-0.15, -0.1) is 0 Å². The topological polar surface area (TPSA) is 98.7 Å². The summed E-state index contributed by atoms with van der Waals surface area (Å²) in [5.41, 5.74) is 2.82. The number of methoxy groups -OCH3 is 1. The summed E-state index contributed by atoms with van der Waals surface area (Å²) in [4.78, 5) is 35.8. The van der Waals surface area contributed by atoms with Gasteiger partial charge in [-0.1, -0.05) is 0 Å². The number of aryl methyl sites for hydroxylation is 1. The van der Waals surface area contributed by atoms with Gasteiger partial charge in [-0.05, 0) is 58.0 Å². The highest BCUT2D eigenvalue weighted by molar-refractivity contribution is 5.93. The summed E-state index contributed by atoms with van der Waals surface area (Å²) in [7, 11) is 1.60. The Morgan fingerprint density at radius 3 is 2.31 bits per heavy atom. The molecule has 0 bridgehead atoms. The Kier molecular flexibility index (Phi) is 7.41. The van der Waals surface area contributed by atoms with Gasteiger partial charge >= 0.3 is 5.97 Å². The Morgan fingerprint density at radius 2 is 1.72 bits per heavy atom. The van der Waals surface area contributed by atoms with Crippen LogP contribution >= 0.6 is 0 Å². The van der Waals surface area contributed by atoms with E-state index in [1.54, 1.807) is 13.2 Å². The maximum atomic E-state index is 12.4. The van der Waals surface area contributed by atoms with Crippen molar-refractivity contribution in [3.63, 3.8) is 0 Å². The van der Waals surface area contributed by atoms with Crippen molar-refractivity contribution in [3.8, 4) is 11.4 Å². The van der Waals surface area contributed by atoms with E-state index in [4.69, 9.17) is 9.47 Å². The lowest BCUT2D eigenvalue weighted by molar-refractivity contribution is -0.128. The Labute approximate surface area is 170 Å². The Morgan fingerprint density at radius 1 is 1.07 bits per heavy atom. The molecule has 0 aliphatic carbocycles. The number of hydrogen-bond acceptors (Lipinski definition) is 5. The second-order valence-corrected chi connectivity index (χ2v) is 6.89. The number of aromatic nitrogens is 1. The highest BCUT2D eigenvalue weighted by atomic mass is 16.5. The van der Waals surface area contributed by atoms with Gasteiger partial charge in [-0.2, -0.15) is 0 Å². The average molecular weight is 401 g/mol. The molecule has 8 nitrogen and oxygen atoms in total. The second kappa shape index (κ2) is 9.77. The molecule has 0 fully saturated rings. The van der Waals surface area contributed by atoms with Crippen LogP contribution in [0.3, 0.4) is 0 Å². The Hall–Kier alpha value is -3.29. The SMILES string of the molecule is COc1ccc(-n2c(C)cc(C(=O)OCC(=O)NCC(=O)NC(C)C)c2C)cc1. The second-order valence-electron chi connectivity index (χ2n) is 6.89. The predicted molar refractivity (Wildman–Crippen MR) is 108 cm³/mol. The minimum Gasteiger partial charge on any atom is -0.497 e. The Balaban J connectivity index is 1.99. The number of rotatable bonds is 8. The standard InChI is InChI=1S/C21H27N3O5/c1-13(2)23-19(25)11-22-20(26)12-29-21(27)18-10-14(3)24(15(18)4)16-6-8-17(28-5)9-7-16/h6-10,13H,11-12H2,1-5H3,(H,22,26)(H,23,25). The molecule has 8 heteroatoms. The third-order valence-electron chi connectivity index (χ3n) is 4.21. The summed E-state index contributed by atoms with van der Waals surface area (Å²) < 4.78 is 12.2.